The molecule has 0 aromatic heterocycles. The number of nitrogens with zero attached hydrogens (tertiary/aromatic N) is 1. The van der Waals surface area contributed by atoms with E-state index in [2.05, 4.69) is 0 Å². The van der Waals surface area contributed by atoms with Crippen molar-refractivity contribution in [3.8, 4) is 0 Å². The van der Waals surface area contributed by atoms with Gasteiger partial charge in [0.15, 0.2) is 0 Å². The second kappa shape index (κ2) is 7.58. The Labute approximate surface area is 135 Å². The first kappa shape index (κ1) is 17.5. The van der Waals surface area contributed by atoms with Gasteiger partial charge < -0.3 is 10.2 Å². The first-order valence-electron chi connectivity index (χ1n) is 6.96. The fourth-order valence-electron chi connectivity index (χ4n) is 2.13. The molecule has 0 radical (unpaired) electrons. The van der Waals surface area contributed by atoms with E-state index < -0.39 is 24.7 Å². The van der Waals surface area contributed by atoms with Gasteiger partial charge in [0.2, 0.25) is 5.91 Å². The van der Waals surface area contributed by atoms with Gasteiger partial charge in [0.25, 0.3) is 0 Å². The molecular formula is C14H16F3N3O2S. The van der Waals surface area contributed by atoms with Gasteiger partial charge in [-0.15, -0.1) is 11.8 Å². The molecule has 1 aliphatic heterocycles. The number of halogens is 3. The molecule has 1 aromatic rings. The smallest absolute Gasteiger partial charge is 0.361 e. The van der Waals surface area contributed by atoms with Crippen molar-refractivity contribution in [1.82, 2.24) is 10.6 Å². The summed E-state index contributed by atoms with van der Waals surface area (Å²) in [5, 5.41) is 3.52. The van der Waals surface area contributed by atoms with Crippen LogP contribution in [0.15, 0.2) is 29.2 Å². The third-order valence-electron chi connectivity index (χ3n) is 3.07. The Kier molecular flexibility index (Phi) is 5.75. The Hall–Kier alpha value is -1.90. The fourth-order valence-corrected chi connectivity index (χ4v) is 3.14. The number of para-hydroxylation sites is 1. The van der Waals surface area contributed by atoms with E-state index in [1.54, 1.807) is 17.1 Å². The highest BCUT2D eigenvalue weighted by molar-refractivity contribution is 7.99. The predicted molar refractivity (Wildman–Crippen MR) is 81.6 cm³/mol. The molecule has 0 spiro atoms. The Morgan fingerprint density at radius 1 is 1.26 bits per heavy atom. The SMILES string of the molecule is O=C(CN1CCCSc2ccccc21)NC(=O)NCC(F)(F)F. The summed E-state index contributed by atoms with van der Waals surface area (Å²) in [5.74, 6) is 0.271. The number of hydrogen-bond donors (Lipinski definition) is 2. The van der Waals surface area contributed by atoms with Crippen molar-refractivity contribution in [2.75, 3.05) is 30.3 Å². The molecule has 2 N–H and O–H groups in total. The van der Waals surface area contributed by atoms with Crippen molar-refractivity contribution in [3.05, 3.63) is 24.3 Å². The van der Waals surface area contributed by atoms with Gasteiger partial charge in [-0.25, -0.2) is 4.79 Å². The first-order chi connectivity index (χ1) is 10.8. The van der Waals surface area contributed by atoms with E-state index in [-0.39, 0.29) is 6.54 Å². The lowest BCUT2D eigenvalue weighted by molar-refractivity contribution is -0.124. The molecule has 0 fully saturated rings. The van der Waals surface area contributed by atoms with Gasteiger partial charge in [-0.1, -0.05) is 12.1 Å². The highest BCUT2D eigenvalue weighted by Crippen LogP contribution is 2.33. The van der Waals surface area contributed by atoms with E-state index in [0.717, 1.165) is 22.8 Å². The Bertz CT molecular complexity index is 581. The summed E-state index contributed by atoms with van der Waals surface area (Å²) in [4.78, 5) is 26.0. The number of imide groups is 1. The minimum atomic E-state index is -4.51. The zero-order chi connectivity index (χ0) is 16.9. The summed E-state index contributed by atoms with van der Waals surface area (Å²) in [5.41, 5.74) is 0.890. The molecule has 9 heteroatoms. The van der Waals surface area contributed by atoms with Crippen LogP contribution < -0.4 is 15.5 Å². The quantitative estimate of drug-likeness (QED) is 0.881. The largest absolute Gasteiger partial charge is 0.405 e. The third-order valence-corrected chi connectivity index (χ3v) is 4.22. The van der Waals surface area contributed by atoms with Gasteiger partial charge in [-0.2, -0.15) is 13.2 Å². The second-order valence-electron chi connectivity index (χ2n) is 4.94. The second-order valence-corrected chi connectivity index (χ2v) is 6.07. The minimum Gasteiger partial charge on any atom is -0.361 e. The number of rotatable bonds is 3. The van der Waals surface area contributed by atoms with Gasteiger partial charge in [-0.3, -0.25) is 10.1 Å². The maximum Gasteiger partial charge on any atom is 0.405 e. The molecule has 0 saturated carbocycles. The molecule has 1 aromatic carbocycles. The number of amides is 3. The summed E-state index contributed by atoms with van der Waals surface area (Å²) in [6.07, 6.45) is -3.64. The Morgan fingerprint density at radius 2 is 2.00 bits per heavy atom. The number of benzene rings is 1. The molecule has 23 heavy (non-hydrogen) atoms. The van der Waals surface area contributed by atoms with Crippen molar-refractivity contribution in [2.45, 2.75) is 17.5 Å². The molecule has 5 nitrogen and oxygen atoms in total. The Balaban J connectivity index is 1.91. The lowest BCUT2D eigenvalue weighted by Gasteiger charge is -2.23. The molecule has 0 saturated heterocycles. The van der Waals surface area contributed by atoms with Crippen LogP contribution in [0.5, 0.6) is 0 Å². The number of alkyl halides is 3. The highest BCUT2D eigenvalue weighted by Gasteiger charge is 2.28. The number of hydrogen-bond acceptors (Lipinski definition) is 4. The van der Waals surface area contributed by atoms with E-state index in [4.69, 9.17) is 0 Å². The number of carbonyl (C=O) groups excluding carboxylic acids is 2. The van der Waals surface area contributed by atoms with Crippen molar-refractivity contribution in [1.29, 1.82) is 0 Å². The van der Waals surface area contributed by atoms with Gasteiger partial charge in [0, 0.05) is 11.4 Å². The van der Waals surface area contributed by atoms with Crippen molar-refractivity contribution in [3.63, 3.8) is 0 Å². The van der Waals surface area contributed by atoms with Gasteiger partial charge in [-0.05, 0) is 24.3 Å². The lowest BCUT2D eigenvalue weighted by atomic mass is 10.2. The minimum absolute atomic E-state index is 0.0863. The summed E-state index contributed by atoms with van der Waals surface area (Å²) >= 11 is 1.69. The van der Waals surface area contributed by atoms with E-state index >= 15 is 0 Å². The summed E-state index contributed by atoms with van der Waals surface area (Å²) in [6, 6.07) is 6.44. The molecule has 3 amide bonds. The number of nitrogens with one attached hydrogen (secondary N) is 2. The van der Waals surface area contributed by atoms with Crippen LogP contribution in [0, 0.1) is 0 Å². The number of carbonyl (C=O) groups is 2. The average molecular weight is 347 g/mol. The summed E-state index contributed by atoms with van der Waals surface area (Å²) < 4.78 is 36.0. The van der Waals surface area contributed by atoms with Crippen molar-refractivity contribution in [2.24, 2.45) is 0 Å². The fraction of sp³-hybridized carbons (Fsp3) is 0.429. The highest BCUT2D eigenvalue weighted by atomic mass is 32.2. The summed E-state index contributed by atoms with van der Waals surface area (Å²) in [6.45, 7) is -0.923. The van der Waals surface area contributed by atoms with E-state index in [0.29, 0.717) is 6.54 Å². The van der Waals surface area contributed by atoms with Gasteiger partial charge in [0.05, 0.1) is 12.2 Å². The van der Waals surface area contributed by atoms with Crippen LogP contribution in [0.2, 0.25) is 0 Å². The zero-order valence-corrected chi connectivity index (χ0v) is 13.0. The van der Waals surface area contributed by atoms with E-state index in [9.17, 15) is 22.8 Å². The molecule has 0 unspecified atom stereocenters. The summed E-state index contributed by atoms with van der Waals surface area (Å²) in [7, 11) is 0. The molecule has 2 rings (SSSR count). The van der Waals surface area contributed by atoms with E-state index in [1.807, 2.05) is 34.5 Å². The molecule has 0 aliphatic carbocycles. The van der Waals surface area contributed by atoms with Crippen molar-refractivity contribution < 1.29 is 22.8 Å². The third kappa shape index (κ3) is 5.66. The molecule has 0 bridgehead atoms. The number of anilines is 1. The standard InChI is InChI=1S/C14H16F3N3O2S/c15-14(16,17)9-18-13(22)19-12(21)8-20-6-3-7-23-11-5-2-1-4-10(11)20/h1-2,4-5H,3,6-9H2,(H2,18,19,21,22). The average Bonchev–Trinajstić information content (AvgIpc) is 2.67. The van der Waals surface area contributed by atoms with Crippen LogP contribution in [0.4, 0.5) is 23.7 Å². The van der Waals surface area contributed by atoms with Gasteiger partial charge >= 0.3 is 12.2 Å². The maximum absolute atomic E-state index is 12.0. The normalized spacial score (nSPS) is 14.7. The predicted octanol–water partition coefficient (Wildman–Crippen LogP) is 2.38. The molecular weight excluding hydrogens is 331 g/mol. The van der Waals surface area contributed by atoms with Crippen LogP contribution in [0.25, 0.3) is 0 Å². The molecule has 1 aliphatic rings. The maximum atomic E-state index is 12.0. The first-order valence-corrected chi connectivity index (χ1v) is 7.95. The molecule has 1 heterocycles. The molecule has 126 valence electrons. The molecule has 0 atom stereocenters. The van der Waals surface area contributed by atoms with Crippen LogP contribution >= 0.6 is 11.8 Å². The van der Waals surface area contributed by atoms with Crippen LogP contribution in [-0.4, -0.2) is 43.5 Å². The van der Waals surface area contributed by atoms with Crippen molar-refractivity contribution >= 4 is 29.4 Å². The number of urea groups is 1. The van der Waals surface area contributed by atoms with Gasteiger partial charge in [0.1, 0.15) is 6.54 Å². The zero-order valence-electron chi connectivity index (χ0n) is 12.2. The number of fused-ring (bicyclic) bond motifs is 1. The lowest BCUT2D eigenvalue weighted by Crippen LogP contribution is -2.47. The Morgan fingerprint density at radius 3 is 2.74 bits per heavy atom. The number of thioether (sulfide) groups is 1. The topological polar surface area (TPSA) is 61.4 Å². The van der Waals surface area contributed by atoms with Crippen LogP contribution in [-0.2, 0) is 4.79 Å². The monoisotopic (exact) mass is 347 g/mol. The van der Waals surface area contributed by atoms with Crippen LogP contribution in [0.1, 0.15) is 6.42 Å². The van der Waals surface area contributed by atoms with Crippen LogP contribution in [0.3, 0.4) is 0 Å². The van der Waals surface area contributed by atoms with E-state index in [1.165, 1.54) is 0 Å².